The van der Waals surface area contributed by atoms with E-state index in [1.165, 1.54) is 49.7 Å². The molecule has 0 saturated heterocycles. The first-order valence-corrected chi connectivity index (χ1v) is 14.7. The fourth-order valence-electron chi connectivity index (χ4n) is 6.44. The average molecular weight is 564 g/mol. The number of aromatic nitrogens is 3. The maximum atomic E-state index is 5.89. The summed E-state index contributed by atoms with van der Waals surface area (Å²) in [7, 11) is 0. The summed E-state index contributed by atoms with van der Waals surface area (Å²) in [6.45, 7) is 0. The molecule has 0 atom stereocenters. The zero-order valence-corrected chi connectivity index (χ0v) is 23.7. The van der Waals surface area contributed by atoms with E-state index in [1.807, 2.05) is 6.07 Å². The van der Waals surface area contributed by atoms with E-state index in [0.717, 1.165) is 27.6 Å². The third-order valence-corrected chi connectivity index (χ3v) is 8.52. The van der Waals surface area contributed by atoms with E-state index >= 15 is 0 Å². The molecular formula is C40H25N3O. The highest BCUT2D eigenvalue weighted by atomic mass is 16.3. The van der Waals surface area contributed by atoms with E-state index in [9.17, 15) is 0 Å². The summed E-state index contributed by atoms with van der Waals surface area (Å²) in [5.41, 5.74) is 12.7. The molecule has 4 heteroatoms. The Morgan fingerprint density at radius 1 is 0.432 bits per heavy atom. The SMILES string of the molecule is c1ccc(-n2c3ccccc3c3cc(-c4cccc(-c5cccc(-c6ccc7oc8nccnc8c7c6)c5)c4)ccc32)cc1. The van der Waals surface area contributed by atoms with E-state index in [2.05, 4.69) is 148 Å². The summed E-state index contributed by atoms with van der Waals surface area (Å²) in [5, 5.41) is 3.48. The first kappa shape index (κ1) is 24.6. The summed E-state index contributed by atoms with van der Waals surface area (Å²) >= 11 is 0. The summed E-state index contributed by atoms with van der Waals surface area (Å²) in [4.78, 5) is 8.83. The highest BCUT2D eigenvalue weighted by Crippen LogP contribution is 2.37. The zero-order valence-electron chi connectivity index (χ0n) is 23.7. The number of nitrogens with zero attached hydrogens (tertiary/aromatic N) is 3. The van der Waals surface area contributed by atoms with Crippen LogP contribution in [0.1, 0.15) is 0 Å². The average Bonchev–Trinajstić information content (AvgIpc) is 3.64. The van der Waals surface area contributed by atoms with Crippen LogP contribution in [-0.2, 0) is 0 Å². The molecular weight excluding hydrogens is 538 g/mol. The molecule has 4 nitrogen and oxygen atoms in total. The molecule has 0 unspecified atom stereocenters. The molecule has 0 aliphatic heterocycles. The largest absolute Gasteiger partial charge is 0.436 e. The predicted octanol–water partition coefficient (Wildman–Crippen LogP) is 10.5. The van der Waals surface area contributed by atoms with Crippen molar-refractivity contribution in [3.8, 4) is 39.1 Å². The van der Waals surface area contributed by atoms with Gasteiger partial charge in [0.1, 0.15) is 11.1 Å². The number of hydrogen-bond acceptors (Lipinski definition) is 3. The van der Waals surface area contributed by atoms with Crippen LogP contribution >= 0.6 is 0 Å². The Morgan fingerprint density at radius 2 is 1.02 bits per heavy atom. The van der Waals surface area contributed by atoms with Crippen molar-refractivity contribution in [2.75, 3.05) is 0 Å². The van der Waals surface area contributed by atoms with Gasteiger partial charge < -0.3 is 8.98 Å². The summed E-state index contributed by atoms with van der Waals surface area (Å²) in [5.74, 6) is 0. The Kier molecular flexibility index (Phi) is 5.47. The molecule has 0 radical (unpaired) electrons. The number of furan rings is 1. The molecule has 206 valence electrons. The number of hydrogen-bond donors (Lipinski definition) is 0. The number of fused-ring (bicyclic) bond motifs is 6. The predicted molar refractivity (Wildman–Crippen MR) is 180 cm³/mol. The van der Waals surface area contributed by atoms with Crippen LogP contribution in [0.3, 0.4) is 0 Å². The molecule has 0 bridgehead atoms. The van der Waals surface area contributed by atoms with Crippen molar-refractivity contribution in [3.63, 3.8) is 0 Å². The van der Waals surface area contributed by atoms with Gasteiger partial charge in [0.05, 0.1) is 11.0 Å². The Hall–Kier alpha value is -6.00. The van der Waals surface area contributed by atoms with Crippen molar-refractivity contribution < 1.29 is 4.42 Å². The van der Waals surface area contributed by atoms with Gasteiger partial charge in [0.2, 0.25) is 5.71 Å². The highest BCUT2D eigenvalue weighted by molar-refractivity contribution is 6.10. The van der Waals surface area contributed by atoms with Crippen LogP contribution in [0.15, 0.2) is 156 Å². The molecule has 9 aromatic rings. The molecule has 0 fully saturated rings. The molecule has 44 heavy (non-hydrogen) atoms. The fraction of sp³-hybridized carbons (Fsp3) is 0. The van der Waals surface area contributed by atoms with E-state index in [4.69, 9.17) is 4.42 Å². The molecule has 0 N–H and O–H groups in total. The molecule has 9 rings (SSSR count). The Balaban J connectivity index is 1.12. The van der Waals surface area contributed by atoms with Crippen LogP contribution in [0.25, 0.3) is 83.1 Å². The minimum atomic E-state index is 0.563. The van der Waals surface area contributed by atoms with Crippen molar-refractivity contribution in [3.05, 3.63) is 152 Å². The molecule has 0 saturated carbocycles. The van der Waals surface area contributed by atoms with Gasteiger partial charge in [0.15, 0.2) is 0 Å². The first-order valence-electron chi connectivity index (χ1n) is 14.7. The lowest BCUT2D eigenvalue weighted by molar-refractivity contribution is 0.653. The molecule has 3 heterocycles. The maximum absolute atomic E-state index is 5.89. The standard InChI is InChI=1S/C40H25N3O/c1-2-12-32(13-3-1)43-36-15-5-4-14-33(36)34-24-30(16-18-37(34)43)28-10-6-8-26(22-28)27-9-7-11-29(23-27)31-17-19-38-35(25-31)39-40(44-38)42-21-20-41-39/h1-25H. The van der Waals surface area contributed by atoms with Crippen LogP contribution < -0.4 is 0 Å². The second-order valence-electron chi connectivity index (χ2n) is 11.1. The fourth-order valence-corrected chi connectivity index (χ4v) is 6.44. The van der Waals surface area contributed by atoms with Gasteiger partial charge in [-0.3, -0.25) is 0 Å². The molecule has 3 aromatic heterocycles. The van der Waals surface area contributed by atoms with Gasteiger partial charge in [-0.1, -0.05) is 84.9 Å². The van der Waals surface area contributed by atoms with Gasteiger partial charge >= 0.3 is 0 Å². The quantitative estimate of drug-likeness (QED) is 0.214. The smallest absolute Gasteiger partial charge is 0.246 e. The van der Waals surface area contributed by atoms with Crippen LogP contribution in [-0.4, -0.2) is 14.5 Å². The van der Waals surface area contributed by atoms with Crippen molar-refractivity contribution >= 4 is 44.0 Å². The van der Waals surface area contributed by atoms with E-state index in [0.29, 0.717) is 5.71 Å². The van der Waals surface area contributed by atoms with Gasteiger partial charge in [-0.15, -0.1) is 0 Å². The minimum Gasteiger partial charge on any atom is -0.436 e. The Bertz CT molecular complexity index is 2510. The second-order valence-corrected chi connectivity index (χ2v) is 11.1. The Morgan fingerprint density at radius 3 is 1.77 bits per heavy atom. The number of para-hydroxylation sites is 2. The van der Waals surface area contributed by atoms with Gasteiger partial charge in [-0.25, -0.2) is 9.97 Å². The normalized spacial score (nSPS) is 11.6. The van der Waals surface area contributed by atoms with Gasteiger partial charge in [0.25, 0.3) is 0 Å². The zero-order chi connectivity index (χ0) is 29.0. The van der Waals surface area contributed by atoms with Gasteiger partial charge in [-0.2, -0.15) is 0 Å². The Labute approximate surface area is 253 Å². The van der Waals surface area contributed by atoms with Crippen LogP contribution in [0.2, 0.25) is 0 Å². The third-order valence-electron chi connectivity index (χ3n) is 8.52. The molecule has 0 spiro atoms. The monoisotopic (exact) mass is 563 g/mol. The lowest BCUT2D eigenvalue weighted by atomic mass is 9.95. The second kappa shape index (κ2) is 9.79. The van der Waals surface area contributed by atoms with Crippen LogP contribution in [0.5, 0.6) is 0 Å². The summed E-state index contributed by atoms with van der Waals surface area (Å²) in [6.07, 6.45) is 3.36. The van der Waals surface area contributed by atoms with Crippen molar-refractivity contribution in [1.29, 1.82) is 0 Å². The molecule has 6 aromatic carbocycles. The number of rotatable bonds is 4. The molecule has 0 aliphatic carbocycles. The summed E-state index contributed by atoms with van der Waals surface area (Å²) < 4.78 is 8.24. The lowest BCUT2D eigenvalue weighted by Crippen LogP contribution is -1.92. The molecule has 0 amide bonds. The third kappa shape index (κ3) is 3.92. The summed E-state index contributed by atoms with van der Waals surface area (Å²) in [6, 6.07) is 49.9. The van der Waals surface area contributed by atoms with Crippen molar-refractivity contribution in [1.82, 2.24) is 14.5 Å². The van der Waals surface area contributed by atoms with Crippen LogP contribution in [0.4, 0.5) is 0 Å². The van der Waals surface area contributed by atoms with Gasteiger partial charge in [0, 0.05) is 34.2 Å². The van der Waals surface area contributed by atoms with Crippen LogP contribution in [0, 0.1) is 0 Å². The van der Waals surface area contributed by atoms with Crippen molar-refractivity contribution in [2.24, 2.45) is 0 Å². The van der Waals surface area contributed by atoms with E-state index in [-0.39, 0.29) is 0 Å². The van der Waals surface area contributed by atoms with Crippen molar-refractivity contribution in [2.45, 2.75) is 0 Å². The maximum Gasteiger partial charge on any atom is 0.246 e. The minimum absolute atomic E-state index is 0.563. The van der Waals surface area contributed by atoms with Gasteiger partial charge in [-0.05, 0) is 88.0 Å². The highest BCUT2D eigenvalue weighted by Gasteiger charge is 2.14. The van der Waals surface area contributed by atoms with E-state index < -0.39 is 0 Å². The first-order chi connectivity index (χ1) is 21.8. The molecule has 0 aliphatic rings. The lowest BCUT2D eigenvalue weighted by Gasteiger charge is -2.10. The number of benzene rings is 6. The topological polar surface area (TPSA) is 43.9 Å². The van der Waals surface area contributed by atoms with E-state index in [1.54, 1.807) is 12.4 Å².